The van der Waals surface area contributed by atoms with Crippen LogP contribution in [0.4, 0.5) is 0 Å². The first-order valence-electron chi connectivity index (χ1n) is 6.63. The van der Waals surface area contributed by atoms with E-state index in [0.29, 0.717) is 0 Å². The van der Waals surface area contributed by atoms with Crippen LogP contribution in [-0.4, -0.2) is 24.0 Å². The third-order valence-corrected chi connectivity index (χ3v) is 4.23. The average molecular weight is 232 g/mol. The van der Waals surface area contributed by atoms with Gasteiger partial charge in [0.25, 0.3) is 0 Å². The fourth-order valence-corrected chi connectivity index (χ4v) is 3.03. The first kappa shape index (κ1) is 12.6. The molecule has 0 saturated heterocycles. The zero-order valence-electron chi connectivity index (χ0n) is 11.1. The minimum Gasteiger partial charge on any atom is -0.329 e. The van der Waals surface area contributed by atoms with Crippen LogP contribution in [0.1, 0.15) is 36.8 Å². The van der Waals surface area contributed by atoms with Gasteiger partial charge in [-0.25, -0.2) is 0 Å². The summed E-state index contributed by atoms with van der Waals surface area (Å²) in [6.07, 6.45) is 5.17. The van der Waals surface area contributed by atoms with E-state index in [1.807, 2.05) is 0 Å². The number of benzene rings is 1. The Labute approximate surface area is 105 Å². The molecule has 0 spiro atoms. The molecule has 1 aliphatic rings. The molecule has 2 N–H and O–H groups in total. The molecule has 2 heteroatoms. The molecule has 17 heavy (non-hydrogen) atoms. The summed E-state index contributed by atoms with van der Waals surface area (Å²) in [6.45, 7) is 3.95. The summed E-state index contributed by atoms with van der Waals surface area (Å²) >= 11 is 0. The Kier molecular flexibility index (Phi) is 3.85. The van der Waals surface area contributed by atoms with Crippen molar-refractivity contribution in [3.63, 3.8) is 0 Å². The van der Waals surface area contributed by atoms with Crippen molar-refractivity contribution >= 4 is 0 Å². The Bertz CT molecular complexity index is 367. The molecule has 1 aromatic carbocycles. The second-order valence-electron chi connectivity index (χ2n) is 5.48. The Hall–Kier alpha value is -0.860. The third-order valence-electron chi connectivity index (χ3n) is 4.23. The fourth-order valence-electron chi connectivity index (χ4n) is 3.03. The maximum absolute atomic E-state index is 6.01. The lowest BCUT2D eigenvalue weighted by Gasteiger charge is -2.38. The van der Waals surface area contributed by atoms with Crippen molar-refractivity contribution in [2.24, 2.45) is 5.73 Å². The second-order valence-corrected chi connectivity index (χ2v) is 5.48. The number of likely N-dealkylation sites (N-methyl/N-ethyl adjacent to an activating group) is 1. The number of hydrogen-bond acceptors (Lipinski definition) is 2. The highest BCUT2D eigenvalue weighted by Crippen LogP contribution is 2.34. The molecule has 94 valence electrons. The van der Waals surface area contributed by atoms with Gasteiger partial charge < -0.3 is 5.73 Å². The third kappa shape index (κ3) is 2.70. The molecule has 1 saturated carbocycles. The van der Waals surface area contributed by atoms with E-state index in [1.165, 1.54) is 36.8 Å². The van der Waals surface area contributed by atoms with Gasteiger partial charge in [-0.05, 0) is 32.4 Å². The van der Waals surface area contributed by atoms with Crippen molar-refractivity contribution in [2.45, 2.75) is 44.7 Å². The molecule has 0 aliphatic heterocycles. The Morgan fingerprint density at radius 3 is 2.59 bits per heavy atom. The molecule has 0 bridgehead atoms. The van der Waals surface area contributed by atoms with Gasteiger partial charge in [-0.1, -0.05) is 42.7 Å². The molecule has 0 heterocycles. The number of hydrogen-bond donors (Lipinski definition) is 1. The van der Waals surface area contributed by atoms with Gasteiger partial charge in [0.15, 0.2) is 0 Å². The molecular formula is C15H24N2. The standard InChI is InChI=1S/C15H24N2/c1-13-6-5-7-14(10-13)11-17(2)15(12-16)8-3-4-9-15/h5-7,10H,3-4,8-9,11-12,16H2,1-2H3. The van der Waals surface area contributed by atoms with Crippen LogP contribution in [-0.2, 0) is 6.54 Å². The zero-order valence-corrected chi connectivity index (χ0v) is 11.1. The SMILES string of the molecule is Cc1cccc(CN(C)C2(CN)CCCC2)c1. The largest absolute Gasteiger partial charge is 0.329 e. The molecule has 0 atom stereocenters. The van der Waals surface area contributed by atoms with Crippen molar-refractivity contribution in [1.82, 2.24) is 4.90 Å². The van der Waals surface area contributed by atoms with Crippen molar-refractivity contribution in [3.05, 3.63) is 35.4 Å². The summed E-state index contributed by atoms with van der Waals surface area (Å²) in [5.41, 5.74) is 9.00. The lowest BCUT2D eigenvalue weighted by molar-refractivity contribution is 0.124. The Morgan fingerprint density at radius 1 is 1.29 bits per heavy atom. The van der Waals surface area contributed by atoms with Crippen LogP contribution in [0.25, 0.3) is 0 Å². The highest BCUT2D eigenvalue weighted by atomic mass is 15.2. The monoisotopic (exact) mass is 232 g/mol. The smallest absolute Gasteiger partial charge is 0.0332 e. The predicted molar refractivity (Wildman–Crippen MR) is 72.9 cm³/mol. The van der Waals surface area contributed by atoms with Crippen molar-refractivity contribution in [2.75, 3.05) is 13.6 Å². The van der Waals surface area contributed by atoms with Gasteiger partial charge in [-0.2, -0.15) is 0 Å². The van der Waals surface area contributed by atoms with Gasteiger partial charge >= 0.3 is 0 Å². The summed E-state index contributed by atoms with van der Waals surface area (Å²) in [6, 6.07) is 8.78. The van der Waals surface area contributed by atoms with Crippen LogP contribution in [0.3, 0.4) is 0 Å². The van der Waals surface area contributed by atoms with E-state index < -0.39 is 0 Å². The highest BCUT2D eigenvalue weighted by Gasteiger charge is 2.36. The Morgan fingerprint density at radius 2 is 2.00 bits per heavy atom. The molecule has 1 aromatic rings. The van der Waals surface area contributed by atoms with Gasteiger partial charge in [0, 0.05) is 18.6 Å². The Balaban J connectivity index is 2.07. The summed E-state index contributed by atoms with van der Waals surface area (Å²) in [5, 5.41) is 0. The first-order chi connectivity index (χ1) is 8.16. The maximum atomic E-state index is 6.01. The molecule has 0 radical (unpaired) electrons. The molecule has 2 rings (SSSR count). The normalized spacial score (nSPS) is 18.8. The second kappa shape index (κ2) is 5.19. The van der Waals surface area contributed by atoms with Gasteiger partial charge in [-0.15, -0.1) is 0 Å². The minimum atomic E-state index is 0.254. The van der Waals surface area contributed by atoms with Crippen molar-refractivity contribution in [3.8, 4) is 0 Å². The molecular weight excluding hydrogens is 208 g/mol. The van der Waals surface area contributed by atoms with Crippen LogP contribution in [0, 0.1) is 6.92 Å². The maximum Gasteiger partial charge on any atom is 0.0332 e. The molecule has 1 fully saturated rings. The van der Waals surface area contributed by atoms with Crippen molar-refractivity contribution < 1.29 is 0 Å². The highest BCUT2D eigenvalue weighted by molar-refractivity contribution is 5.22. The summed E-state index contributed by atoms with van der Waals surface area (Å²) < 4.78 is 0. The number of nitrogens with two attached hydrogens (primary N) is 1. The van der Waals surface area contributed by atoms with Crippen LogP contribution < -0.4 is 5.73 Å². The van der Waals surface area contributed by atoms with E-state index >= 15 is 0 Å². The molecule has 2 nitrogen and oxygen atoms in total. The van der Waals surface area contributed by atoms with Crippen LogP contribution in [0.15, 0.2) is 24.3 Å². The van der Waals surface area contributed by atoms with E-state index in [0.717, 1.165) is 13.1 Å². The lowest BCUT2D eigenvalue weighted by Crippen LogP contribution is -2.49. The van der Waals surface area contributed by atoms with E-state index in [1.54, 1.807) is 0 Å². The number of aryl methyl sites for hydroxylation is 1. The molecule has 0 aromatic heterocycles. The average Bonchev–Trinajstić information content (AvgIpc) is 2.78. The number of rotatable bonds is 4. The van der Waals surface area contributed by atoms with Crippen molar-refractivity contribution in [1.29, 1.82) is 0 Å². The van der Waals surface area contributed by atoms with Gasteiger partial charge in [0.1, 0.15) is 0 Å². The summed E-state index contributed by atoms with van der Waals surface area (Å²) in [4.78, 5) is 2.47. The predicted octanol–water partition coefficient (Wildman–Crippen LogP) is 2.70. The summed E-state index contributed by atoms with van der Waals surface area (Å²) in [5.74, 6) is 0. The molecule has 1 aliphatic carbocycles. The van der Waals surface area contributed by atoms with E-state index in [2.05, 4.69) is 43.1 Å². The van der Waals surface area contributed by atoms with Gasteiger partial charge in [-0.3, -0.25) is 4.90 Å². The quantitative estimate of drug-likeness (QED) is 0.865. The van der Waals surface area contributed by atoms with Crippen LogP contribution in [0.2, 0.25) is 0 Å². The molecule has 0 unspecified atom stereocenters. The first-order valence-corrected chi connectivity index (χ1v) is 6.63. The molecule has 0 amide bonds. The van der Waals surface area contributed by atoms with Gasteiger partial charge in [0.2, 0.25) is 0 Å². The summed E-state index contributed by atoms with van der Waals surface area (Å²) in [7, 11) is 2.22. The topological polar surface area (TPSA) is 29.3 Å². The zero-order chi connectivity index (χ0) is 12.3. The van der Waals surface area contributed by atoms with Crippen LogP contribution in [0.5, 0.6) is 0 Å². The minimum absolute atomic E-state index is 0.254. The van der Waals surface area contributed by atoms with E-state index in [-0.39, 0.29) is 5.54 Å². The van der Waals surface area contributed by atoms with Gasteiger partial charge in [0.05, 0.1) is 0 Å². The van der Waals surface area contributed by atoms with E-state index in [9.17, 15) is 0 Å². The van der Waals surface area contributed by atoms with Crippen LogP contribution >= 0.6 is 0 Å². The van der Waals surface area contributed by atoms with E-state index in [4.69, 9.17) is 5.73 Å². The fraction of sp³-hybridized carbons (Fsp3) is 0.600. The lowest BCUT2D eigenvalue weighted by atomic mass is 9.95. The number of nitrogens with zero attached hydrogens (tertiary/aromatic N) is 1.